The lowest BCUT2D eigenvalue weighted by Crippen LogP contribution is -2.43. The highest BCUT2D eigenvalue weighted by Crippen LogP contribution is 2.35. The number of nitrogen functional groups attached to an aromatic ring is 1. The third-order valence-corrected chi connectivity index (χ3v) is 6.39. The number of nitrogens with two attached hydrogens (primary N) is 2. The van der Waals surface area contributed by atoms with Gasteiger partial charge in [0.25, 0.3) is 0 Å². The summed E-state index contributed by atoms with van der Waals surface area (Å²) in [5.41, 5.74) is 14.4. The van der Waals surface area contributed by atoms with Crippen LogP contribution in [0.4, 0.5) is 5.95 Å². The van der Waals surface area contributed by atoms with Gasteiger partial charge in [-0.2, -0.15) is 0 Å². The number of piperidine rings is 1. The van der Waals surface area contributed by atoms with E-state index in [-0.39, 0.29) is 17.8 Å². The number of primary amides is 1. The van der Waals surface area contributed by atoms with Crippen molar-refractivity contribution in [2.24, 2.45) is 11.7 Å². The maximum Gasteiger partial charge on any atom is 0.248 e. The fourth-order valence-electron chi connectivity index (χ4n) is 4.77. The van der Waals surface area contributed by atoms with Crippen molar-refractivity contribution in [2.45, 2.75) is 50.9 Å². The molecule has 1 saturated carbocycles. The molecule has 0 bridgehead atoms. The lowest BCUT2D eigenvalue weighted by molar-refractivity contribution is -0.137. The molecule has 1 unspecified atom stereocenters. The van der Waals surface area contributed by atoms with Crippen LogP contribution in [-0.2, 0) is 4.79 Å². The maximum atomic E-state index is 13.1. The standard InChI is InChI=1S/C23H29N5O2/c24-21(29)16-10-8-15(9-11-16)19-13-26-23(25)27-20(19)18-7-4-12-28(14-18)22(30)17-5-2-1-3-6-17/h8-11,13,17-18H,1-7,12,14H2,(H2,24,29)(H2,25,26,27). The van der Waals surface area contributed by atoms with E-state index >= 15 is 0 Å². The van der Waals surface area contributed by atoms with E-state index in [9.17, 15) is 9.59 Å². The molecule has 7 nitrogen and oxygen atoms in total. The van der Waals surface area contributed by atoms with Crippen LogP contribution in [0.2, 0.25) is 0 Å². The molecule has 2 fully saturated rings. The summed E-state index contributed by atoms with van der Waals surface area (Å²) < 4.78 is 0. The van der Waals surface area contributed by atoms with Gasteiger partial charge in [0.2, 0.25) is 17.8 Å². The summed E-state index contributed by atoms with van der Waals surface area (Å²) in [5.74, 6) is 0.364. The first-order chi connectivity index (χ1) is 14.5. The second-order valence-corrected chi connectivity index (χ2v) is 8.43. The van der Waals surface area contributed by atoms with Crippen molar-refractivity contribution in [3.63, 3.8) is 0 Å². The van der Waals surface area contributed by atoms with Crippen LogP contribution >= 0.6 is 0 Å². The molecule has 1 aromatic heterocycles. The van der Waals surface area contributed by atoms with Gasteiger partial charge in [0.1, 0.15) is 0 Å². The maximum absolute atomic E-state index is 13.1. The van der Waals surface area contributed by atoms with E-state index in [0.29, 0.717) is 18.0 Å². The van der Waals surface area contributed by atoms with Gasteiger partial charge in [0.15, 0.2) is 0 Å². The van der Waals surface area contributed by atoms with Crippen molar-refractivity contribution < 1.29 is 9.59 Å². The molecule has 4 rings (SSSR count). The van der Waals surface area contributed by atoms with Gasteiger partial charge in [-0.3, -0.25) is 9.59 Å². The molecule has 0 spiro atoms. The molecule has 0 radical (unpaired) electrons. The monoisotopic (exact) mass is 407 g/mol. The number of nitrogens with zero attached hydrogens (tertiary/aromatic N) is 3. The third-order valence-electron chi connectivity index (χ3n) is 6.39. The third kappa shape index (κ3) is 4.30. The molecule has 2 amide bonds. The molecule has 2 heterocycles. The minimum absolute atomic E-state index is 0.113. The number of benzene rings is 1. The van der Waals surface area contributed by atoms with Gasteiger partial charge in [-0.1, -0.05) is 31.4 Å². The molecule has 1 aromatic carbocycles. The zero-order valence-electron chi connectivity index (χ0n) is 17.2. The zero-order valence-corrected chi connectivity index (χ0v) is 17.2. The second kappa shape index (κ2) is 8.81. The molecule has 4 N–H and O–H groups in total. The topological polar surface area (TPSA) is 115 Å². The van der Waals surface area contributed by atoms with Crippen molar-refractivity contribution in [1.82, 2.24) is 14.9 Å². The quantitative estimate of drug-likeness (QED) is 0.808. The second-order valence-electron chi connectivity index (χ2n) is 8.43. The Bertz CT molecular complexity index is 922. The van der Waals surface area contributed by atoms with Crippen LogP contribution in [0.15, 0.2) is 30.5 Å². The molecule has 1 atom stereocenters. The summed E-state index contributed by atoms with van der Waals surface area (Å²) in [6.45, 7) is 1.48. The van der Waals surface area contributed by atoms with Crippen LogP contribution < -0.4 is 11.5 Å². The number of amides is 2. The van der Waals surface area contributed by atoms with Gasteiger partial charge >= 0.3 is 0 Å². The Morgan fingerprint density at radius 2 is 1.73 bits per heavy atom. The van der Waals surface area contributed by atoms with Crippen molar-refractivity contribution in [1.29, 1.82) is 0 Å². The van der Waals surface area contributed by atoms with E-state index in [1.807, 2.05) is 17.0 Å². The minimum Gasteiger partial charge on any atom is -0.368 e. The fourth-order valence-corrected chi connectivity index (χ4v) is 4.77. The molecule has 2 aliphatic rings. The molecule has 2 aromatic rings. The molecule has 1 aliphatic heterocycles. The molecular weight excluding hydrogens is 378 g/mol. The first-order valence-electron chi connectivity index (χ1n) is 10.8. The Morgan fingerprint density at radius 1 is 1.00 bits per heavy atom. The summed E-state index contributed by atoms with van der Waals surface area (Å²) in [4.78, 5) is 35.3. The molecule has 1 aliphatic carbocycles. The van der Waals surface area contributed by atoms with E-state index in [1.165, 1.54) is 6.42 Å². The average Bonchev–Trinajstić information content (AvgIpc) is 2.79. The highest BCUT2D eigenvalue weighted by atomic mass is 16.2. The van der Waals surface area contributed by atoms with E-state index in [4.69, 9.17) is 11.5 Å². The van der Waals surface area contributed by atoms with Crippen LogP contribution in [0, 0.1) is 5.92 Å². The number of hydrogen-bond acceptors (Lipinski definition) is 5. The summed E-state index contributed by atoms with van der Waals surface area (Å²) >= 11 is 0. The van der Waals surface area contributed by atoms with Crippen molar-refractivity contribution in [3.05, 3.63) is 41.7 Å². The van der Waals surface area contributed by atoms with E-state index in [0.717, 1.165) is 61.9 Å². The zero-order chi connectivity index (χ0) is 21.1. The van der Waals surface area contributed by atoms with Gasteiger partial charge < -0.3 is 16.4 Å². The summed E-state index contributed by atoms with van der Waals surface area (Å²) in [7, 11) is 0. The van der Waals surface area contributed by atoms with Crippen molar-refractivity contribution in [3.8, 4) is 11.1 Å². The predicted molar refractivity (Wildman–Crippen MR) is 116 cm³/mol. The lowest BCUT2D eigenvalue weighted by atomic mass is 9.86. The van der Waals surface area contributed by atoms with Gasteiger partial charge in [-0.05, 0) is 43.4 Å². The fraction of sp³-hybridized carbons (Fsp3) is 0.478. The summed E-state index contributed by atoms with van der Waals surface area (Å²) in [5, 5.41) is 0. The normalized spacial score (nSPS) is 20.1. The van der Waals surface area contributed by atoms with Gasteiger partial charge in [0.05, 0.1) is 5.69 Å². The summed E-state index contributed by atoms with van der Waals surface area (Å²) in [6.07, 6.45) is 9.21. The van der Waals surface area contributed by atoms with Crippen molar-refractivity contribution >= 4 is 17.8 Å². The van der Waals surface area contributed by atoms with Gasteiger partial charge in [-0.25, -0.2) is 9.97 Å². The highest BCUT2D eigenvalue weighted by molar-refractivity contribution is 5.93. The minimum atomic E-state index is -0.459. The number of rotatable bonds is 4. The number of anilines is 1. The smallest absolute Gasteiger partial charge is 0.248 e. The Balaban J connectivity index is 1.59. The number of hydrogen-bond donors (Lipinski definition) is 2. The summed E-state index contributed by atoms with van der Waals surface area (Å²) in [6, 6.07) is 7.12. The molecule has 30 heavy (non-hydrogen) atoms. The van der Waals surface area contributed by atoms with E-state index in [2.05, 4.69) is 9.97 Å². The van der Waals surface area contributed by atoms with Gasteiger partial charge in [0, 0.05) is 42.2 Å². The Kier molecular flexibility index (Phi) is 5.97. The van der Waals surface area contributed by atoms with Crippen LogP contribution in [0.3, 0.4) is 0 Å². The number of carbonyl (C=O) groups excluding carboxylic acids is 2. The van der Waals surface area contributed by atoms with E-state index < -0.39 is 5.91 Å². The molecular formula is C23H29N5O2. The first kappa shape index (κ1) is 20.3. The van der Waals surface area contributed by atoms with Crippen LogP contribution in [-0.4, -0.2) is 39.8 Å². The number of aromatic nitrogens is 2. The van der Waals surface area contributed by atoms with Crippen molar-refractivity contribution in [2.75, 3.05) is 18.8 Å². The molecule has 1 saturated heterocycles. The lowest BCUT2D eigenvalue weighted by Gasteiger charge is -2.36. The highest BCUT2D eigenvalue weighted by Gasteiger charge is 2.32. The Labute approximate surface area is 176 Å². The predicted octanol–water partition coefficient (Wildman–Crippen LogP) is 3.11. The van der Waals surface area contributed by atoms with Gasteiger partial charge in [-0.15, -0.1) is 0 Å². The average molecular weight is 408 g/mol. The molecule has 158 valence electrons. The van der Waals surface area contributed by atoms with Crippen LogP contribution in [0.25, 0.3) is 11.1 Å². The Hall–Kier alpha value is -2.96. The number of likely N-dealkylation sites (tertiary alicyclic amines) is 1. The first-order valence-corrected chi connectivity index (χ1v) is 10.8. The largest absolute Gasteiger partial charge is 0.368 e. The van der Waals surface area contributed by atoms with E-state index in [1.54, 1.807) is 18.3 Å². The number of carbonyl (C=O) groups is 2. The molecule has 7 heteroatoms. The van der Waals surface area contributed by atoms with Crippen LogP contribution in [0.1, 0.15) is 66.9 Å². The Morgan fingerprint density at radius 3 is 2.43 bits per heavy atom. The SMILES string of the molecule is NC(=O)c1ccc(-c2cnc(N)nc2C2CCCN(C(=O)C3CCCCC3)C2)cc1. The van der Waals surface area contributed by atoms with Crippen LogP contribution in [0.5, 0.6) is 0 Å².